The van der Waals surface area contributed by atoms with E-state index in [-0.39, 0.29) is 11.9 Å². The molecule has 1 unspecified atom stereocenters. The first-order chi connectivity index (χ1) is 8.27. The van der Waals surface area contributed by atoms with Crippen LogP contribution in [0.5, 0.6) is 0 Å². The largest absolute Gasteiger partial charge is 0.340 e. The standard InChI is InChI=1S/C13H20N2OS/c1-15(9-11-6-8-17-10-11)13(16)12-5-3-2-4-7-14-12/h6,8,10,12,14H,2-5,7,9H2,1H3. The molecule has 1 aliphatic rings. The van der Waals surface area contributed by atoms with E-state index in [9.17, 15) is 4.79 Å². The molecule has 1 amide bonds. The molecule has 0 spiro atoms. The summed E-state index contributed by atoms with van der Waals surface area (Å²) >= 11 is 1.68. The minimum Gasteiger partial charge on any atom is -0.340 e. The number of hydrogen-bond acceptors (Lipinski definition) is 3. The quantitative estimate of drug-likeness (QED) is 0.895. The molecule has 0 saturated carbocycles. The molecular weight excluding hydrogens is 232 g/mol. The monoisotopic (exact) mass is 252 g/mol. The topological polar surface area (TPSA) is 32.3 Å². The Labute approximate surface area is 107 Å². The predicted molar refractivity (Wildman–Crippen MR) is 71.1 cm³/mol. The Bertz CT molecular complexity index is 342. The van der Waals surface area contributed by atoms with Crippen molar-refractivity contribution in [3.05, 3.63) is 22.4 Å². The van der Waals surface area contributed by atoms with E-state index in [0.717, 1.165) is 25.9 Å². The molecule has 1 aromatic rings. The van der Waals surface area contributed by atoms with Crippen LogP contribution in [-0.4, -0.2) is 30.4 Å². The van der Waals surface area contributed by atoms with Crippen LogP contribution < -0.4 is 5.32 Å². The molecule has 0 bridgehead atoms. The molecule has 0 aromatic carbocycles. The fraction of sp³-hybridized carbons (Fsp3) is 0.615. The Morgan fingerprint density at radius 3 is 3.18 bits per heavy atom. The molecule has 3 nitrogen and oxygen atoms in total. The van der Waals surface area contributed by atoms with Gasteiger partial charge in [-0.1, -0.05) is 12.8 Å². The van der Waals surface area contributed by atoms with Crippen molar-refractivity contribution < 1.29 is 4.79 Å². The highest BCUT2D eigenvalue weighted by Crippen LogP contribution is 2.13. The Balaban J connectivity index is 1.89. The second-order valence-electron chi connectivity index (χ2n) is 4.68. The second kappa shape index (κ2) is 6.17. The lowest BCUT2D eigenvalue weighted by atomic mass is 10.1. The predicted octanol–water partition coefficient (Wildman–Crippen LogP) is 2.24. The van der Waals surface area contributed by atoms with Crippen LogP contribution >= 0.6 is 11.3 Å². The van der Waals surface area contributed by atoms with E-state index in [1.54, 1.807) is 11.3 Å². The van der Waals surface area contributed by atoms with Crippen molar-refractivity contribution in [2.45, 2.75) is 38.3 Å². The number of carbonyl (C=O) groups excluding carboxylic acids is 1. The summed E-state index contributed by atoms with van der Waals surface area (Å²) < 4.78 is 0. The van der Waals surface area contributed by atoms with E-state index >= 15 is 0 Å². The Hall–Kier alpha value is -0.870. The third kappa shape index (κ3) is 3.54. The van der Waals surface area contributed by atoms with E-state index in [2.05, 4.69) is 22.1 Å². The summed E-state index contributed by atoms with van der Waals surface area (Å²) in [6.07, 6.45) is 4.57. The van der Waals surface area contributed by atoms with Crippen molar-refractivity contribution in [1.29, 1.82) is 0 Å². The Morgan fingerprint density at radius 1 is 1.53 bits per heavy atom. The van der Waals surface area contributed by atoms with Gasteiger partial charge in [0.25, 0.3) is 0 Å². The van der Waals surface area contributed by atoms with Crippen LogP contribution in [0.3, 0.4) is 0 Å². The van der Waals surface area contributed by atoms with Gasteiger partial charge in [0, 0.05) is 13.6 Å². The van der Waals surface area contributed by atoms with Gasteiger partial charge in [-0.05, 0) is 41.8 Å². The van der Waals surface area contributed by atoms with Crippen LogP contribution in [-0.2, 0) is 11.3 Å². The molecule has 1 N–H and O–H groups in total. The molecule has 1 atom stereocenters. The maximum absolute atomic E-state index is 12.2. The van der Waals surface area contributed by atoms with Crippen LogP contribution in [0.4, 0.5) is 0 Å². The normalized spacial score (nSPS) is 20.9. The van der Waals surface area contributed by atoms with Crippen molar-refractivity contribution in [2.75, 3.05) is 13.6 Å². The average Bonchev–Trinajstić information content (AvgIpc) is 2.68. The minimum absolute atomic E-state index is 0.0288. The number of carbonyl (C=O) groups is 1. The second-order valence-corrected chi connectivity index (χ2v) is 5.46. The molecule has 2 heterocycles. The molecule has 1 saturated heterocycles. The lowest BCUT2D eigenvalue weighted by Crippen LogP contribution is -2.44. The van der Waals surface area contributed by atoms with Gasteiger partial charge in [0.1, 0.15) is 0 Å². The first kappa shape index (κ1) is 12.6. The zero-order chi connectivity index (χ0) is 12.1. The molecule has 4 heteroatoms. The SMILES string of the molecule is CN(Cc1ccsc1)C(=O)C1CCCCCN1. The number of nitrogens with one attached hydrogen (secondary N) is 1. The lowest BCUT2D eigenvalue weighted by Gasteiger charge is -2.23. The van der Waals surface area contributed by atoms with Crippen molar-refractivity contribution in [1.82, 2.24) is 10.2 Å². The zero-order valence-electron chi connectivity index (χ0n) is 10.3. The number of amides is 1. The first-order valence-corrected chi connectivity index (χ1v) is 7.21. The van der Waals surface area contributed by atoms with Gasteiger partial charge < -0.3 is 10.2 Å². The molecular formula is C13H20N2OS. The number of rotatable bonds is 3. The Kier molecular flexibility index (Phi) is 4.57. The van der Waals surface area contributed by atoms with E-state index in [0.29, 0.717) is 0 Å². The maximum Gasteiger partial charge on any atom is 0.239 e. The molecule has 1 aromatic heterocycles. The van der Waals surface area contributed by atoms with Crippen LogP contribution in [0.25, 0.3) is 0 Å². The number of thiophene rings is 1. The van der Waals surface area contributed by atoms with Gasteiger partial charge in [-0.15, -0.1) is 0 Å². The maximum atomic E-state index is 12.2. The molecule has 17 heavy (non-hydrogen) atoms. The van der Waals surface area contributed by atoms with Crippen molar-refractivity contribution in [2.24, 2.45) is 0 Å². The summed E-state index contributed by atoms with van der Waals surface area (Å²) in [6.45, 7) is 1.70. The number of likely N-dealkylation sites (N-methyl/N-ethyl adjacent to an activating group) is 1. The summed E-state index contributed by atoms with van der Waals surface area (Å²) in [5.74, 6) is 0.234. The third-order valence-electron chi connectivity index (χ3n) is 3.23. The summed E-state index contributed by atoms with van der Waals surface area (Å²) in [5, 5.41) is 7.51. The average molecular weight is 252 g/mol. The van der Waals surface area contributed by atoms with Gasteiger partial charge in [-0.3, -0.25) is 4.79 Å². The number of hydrogen-bond donors (Lipinski definition) is 1. The fourth-order valence-electron chi connectivity index (χ4n) is 2.24. The van der Waals surface area contributed by atoms with Gasteiger partial charge >= 0.3 is 0 Å². The highest BCUT2D eigenvalue weighted by molar-refractivity contribution is 7.07. The smallest absolute Gasteiger partial charge is 0.239 e. The van der Waals surface area contributed by atoms with Crippen LogP contribution in [0.2, 0.25) is 0 Å². The molecule has 94 valence electrons. The fourth-order valence-corrected chi connectivity index (χ4v) is 2.90. The molecule has 0 radical (unpaired) electrons. The Morgan fingerprint density at radius 2 is 2.41 bits per heavy atom. The van der Waals surface area contributed by atoms with Crippen molar-refractivity contribution in [3.63, 3.8) is 0 Å². The van der Waals surface area contributed by atoms with Gasteiger partial charge in [0.15, 0.2) is 0 Å². The van der Waals surface area contributed by atoms with Gasteiger partial charge in [0.05, 0.1) is 6.04 Å². The first-order valence-electron chi connectivity index (χ1n) is 6.27. The molecule has 1 aliphatic heterocycles. The molecule has 1 fully saturated rings. The van der Waals surface area contributed by atoms with Crippen molar-refractivity contribution >= 4 is 17.2 Å². The van der Waals surface area contributed by atoms with Gasteiger partial charge in [-0.2, -0.15) is 11.3 Å². The van der Waals surface area contributed by atoms with E-state index in [1.165, 1.54) is 18.4 Å². The van der Waals surface area contributed by atoms with Gasteiger partial charge in [-0.25, -0.2) is 0 Å². The summed E-state index contributed by atoms with van der Waals surface area (Å²) in [7, 11) is 1.90. The highest BCUT2D eigenvalue weighted by Gasteiger charge is 2.22. The van der Waals surface area contributed by atoms with E-state index in [1.807, 2.05) is 11.9 Å². The molecule has 2 rings (SSSR count). The minimum atomic E-state index is 0.0288. The molecule has 0 aliphatic carbocycles. The lowest BCUT2D eigenvalue weighted by molar-refractivity contribution is -0.132. The van der Waals surface area contributed by atoms with E-state index in [4.69, 9.17) is 0 Å². The summed E-state index contributed by atoms with van der Waals surface area (Å²) in [6, 6.07) is 2.11. The van der Waals surface area contributed by atoms with Crippen molar-refractivity contribution in [3.8, 4) is 0 Å². The van der Waals surface area contributed by atoms with E-state index < -0.39 is 0 Å². The highest BCUT2D eigenvalue weighted by atomic mass is 32.1. The van der Waals surface area contributed by atoms with Crippen LogP contribution in [0, 0.1) is 0 Å². The zero-order valence-corrected chi connectivity index (χ0v) is 11.1. The number of nitrogens with zero attached hydrogens (tertiary/aromatic N) is 1. The summed E-state index contributed by atoms with van der Waals surface area (Å²) in [5.41, 5.74) is 1.22. The van der Waals surface area contributed by atoms with Crippen LogP contribution in [0.1, 0.15) is 31.2 Å². The third-order valence-corrected chi connectivity index (χ3v) is 3.97. The van der Waals surface area contributed by atoms with Crippen LogP contribution in [0.15, 0.2) is 16.8 Å². The summed E-state index contributed by atoms with van der Waals surface area (Å²) in [4.78, 5) is 14.1. The van der Waals surface area contributed by atoms with Gasteiger partial charge in [0.2, 0.25) is 5.91 Å².